The predicted molar refractivity (Wildman–Crippen MR) is 157 cm³/mol. The molecule has 210 valence electrons. The molecule has 0 aromatic heterocycles. The highest BCUT2D eigenvalue weighted by molar-refractivity contribution is 7.89. The summed E-state index contributed by atoms with van der Waals surface area (Å²) in [5, 5.41) is 16.0. The summed E-state index contributed by atoms with van der Waals surface area (Å²) in [5.41, 5.74) is 0.640. The van der Waals surface area contributed by atoms with Crippen molar-refractivity contribution in [3.05, 3.63) is 71.4 Å². The van der Waals surface area contributed by atoms with Crippen molar-refractivity contribution in [2.45, 2.75) is 28.0 Å². The third-order valence-corrected chi connectivity index (χ3v) is 9.00. The lowest BCUT2D eigenvalue weighted by molar-refractivity contribution is -0.131. The van der Waals surface area contributed by atoms with Gasteiger partial charge in [-0.3, -0.25) is 4.79 Å². The summed E-state index contributed by atoms with van der Waals surface area (Å²) in [6, 6.07) is 18.2. The molecule has 1 amide bonds. The van der Waals surface area contributed by atoms with Crippen LogP contribution in [0.3, 0.4) is 0 Å². The van der Waals surface area contributed by atoms with Crippen LogP contribution in [0.1, 0.15) is 19.4 Å². The number of ether oxygens (including phenoxy) is 1. The van der Waals surface area contributed by atoms with E-state index in [1.807, 2.05) is 56.3 Å². The van der Waals surface area contributed by atoms with Gasteiger partial charge >= 0.3 is 0 Å². The van der Waals surface area contributed by atoms with Crippen LogP contribution in [0.2, 0.25) is 0 Å². The number of piperazine rings is 1. The molecule has 3 aromatic rings. The second kappa shape index (κ2) is 11.0. The molecule has 12 heteroatoms. The number of amides is 1. The number of nitrogens with one attached hydrogen (secondary N) is 1. The Morgan fingerprint density at radius 1 is 1.05 bits per heavy atom. The van der Waals surface area contributed by atoms with Gasteiger partial charge in [0.15, 0.2) is 11.4 Å². The van der Waals surface area contributed by atoms with Crippen LogP contribution in [-0.4, -0.2) is 62.9 Å². The maximum absolute atomic E-state index is 13.8. The van der Waals surface area contributed by atoms with Crippen molar-refractivity contribution in [2.75, 3.05) is 39.8 Å². The summed E-state index contributed by atoms with van der Waals surface area (Å²) < 4.78 is 31.9. The quantitative estimate of drug-likeness (QED) is 0.226. The molecule has 8 nitrogen and oxygen atoms in total. The minimum Gasteiger partial charge on any atom is -0.627 e. The van der Waals surface area contributed by atoms with Crippen LogP contribution in [-0.2, 0) is 20.2 Å². The largest absolute Gasteiger partial charge is 0.627 e. The lowest BCUT2D eigenvalue weighted by Crippen LogP contribution is -2.59. The molecule has 4 rings (SSSR count). The summed E-state index contributed by atoms with van der Waals surface area (Å²) in [5.74, 6) is -0.457. The Morgan fingerprint density at radius 2 is 1.69 bits per heavy atom. The number of benzene rings is 3. The number of carbonyl (C=O) groups excluding carboxylic acids is 1. The summed E-state index contributed by atoms with van der Waals surface area (Å²) in [6.07, 6.45) is 0. The molecule has 1 N–H and O–H groups in total. The Kier molecular flexibility index (Phi) is 8.46. The van der Waals surface area contributed by atoms with Gasteiger partial charge in [-0.05, 0) is 28.5 Å². The predicted octanol–water partition coefficient (Wildman–Crippen LogP) is 5.12. The zero-order valence-corrected chi connectivity index (χ0v) is 24.9. The molecule has 1 heterocycles. The van der Waals surface area contributed by atoms with Gasteiger partial charge in [-0.25, -0.2) is 13.1 Å². The fourth-order valence-corrected chi connectivity index (χ4v) is 6.43. The number of alkyl halides is 3. The molecule has 1 saturated heterocycles. The maximum atomic E-state index is 13.8. The molecule has 1 aliphatic rings. The van der Waals surface area contributed by atoms with Crippen molar-refractivity contribution >= 4 is 67.2 Å². The summed E-state index contributed by atoms with van der Waals surface area (Å²) in [7, 11) is -2.57. The third-order valence-electron chi connectivity index (χ3n) is 7.11. The second-order valence-corrected chi connectivity index (χ2v) is 14.2. The van der Waals surface area contributed by atoms with Crippen LogP contribution in [0.4, 0.5) is 5.69 Å². The first kappa shape index (κ1) is 29.9. The van der Waals surface area contributed by atoms with Crippen molar-refractivity contribution < 1.29 is 17.9 Å². The van der Waals surface area contributed by atoms with Crippen LogP contribution < -0.4 is 14.1 Å². The van der Waals surface area contributed by atoms with E-state index in [4.69, 9.17) is 39.5 Å². The van der Waals surface area contributed by atoms with Crippen molar-refractivity contribution in [1.29, 1.82) is 0 Å². The van der Waals surface area contributed by atoms with Crippen molar-refractivity contribution in [3.8, 4) is 5.75 Å². The SMILES string of the molecule is COc1ccc(S(=O)(=O)NCC(C)(C)c2cccc3ccccc23)cc1[N+]1([O-])CCN(C(=O)C(Cl)(Cl)Cl)CC1. The third kappa shape index (κ3) is 6.30. The summed E-state index contributed by atoms with van der Waals surface area (Å²) >= 11 is 17.1. The minimum atomic E-state index is -3.98. The molecular weight excluding hydrogens is 585 g/mol. The second-order valence-electron chi connectivity index (χ2n) is 10.2. The summed E-state index contributed by atoms with van der Waals surface area (Å²) in [6.45, 7) is 4.04. The first-order chi connectivity index (χ1) is 18.2. The topological polar surface area (TPSA) is 98.8 Å². The molecule has 0 atom stereocenters. The summed E-state index contributed by atoms with van der Waals surface area (Å²) in [4.78, 5) is 13.6. The number of rotatable bonds is 7. The Hall–Kier alpha value is -2.11. The van der Waals surface area contributed by atoms with Gasteiger partial charge < -0.3 is 19.5 Å². The van der Waals surface area contributed by atoms with E-state index < -0.39 is 29.8 Å². The fourth-order valence-electron chi connectivity index (χ4n) is 4.84. The number of nitrogens with zero attached hydrogens (tertiary/aromatic N) is 2. The van der Waals surface area contributed by atoms with E-state index in [1.54, 1.807) is 0 Å². The molecular formula is C27H30Cl3N3O5S. The van der Waals surface area contributed by atoms with Crippen molar-refractivity contribution in [3.63, 3.8) is 0 Å². The van der Waals surface area contributed by atoms with Crippen molar-refractivity contribution in [1.82, 2.24) is 14.3 Å². The first-order valence-electron chi connectivity index (χ1n) is 12.3. The molecule has 0 bridgehead atoms. The highest BCUT2D eigenvalue weighted by Crippen LogP contribution is 2.38. The van der Waals surface area contributed by atoms with Gasteiger partial charge in [0.2, 0.25) is 10.0 Å². The van der Waals surface area contributed by atoms with Gasteiger partial charge in [0, 0.05) is 18.0 Å². The first-order valence-corrected chi connectivity index (χ1v) is 14.9. The molecule has 1 aliphatic heterocycles. The van der Waals surface area contributed by atoms with E-state index in [0.29, 0.717) is 0 Å². The zero-order chi connectivity index (χ0) is 28.6. The van der Waals surface area contributed by atoms with Crippen molar-refractivity contribution in [2.24, 2.45) is 0 Å². The molecule has 0 aliphatic carbocycles. The van der Waals surface area contributed by atoms with Gasteiger partial charge in [-0.1, -0.05) is 91.1 Å². The minimum absolute atomic E-state index is 0.0356. The molecule has 0 unspecified atom stereocenters. The molecule has 3 aromatic carbocycles. The monoisotopic (exact) mass is 613 g/mol. The number of hydroxylamine groups is 2. The number of hydrogen-bond acceptors (Lipinski definition) is 5. The van der Waals surface area contributed by atoms with Crippen LogP contribution in [0.25, 0.3) is 10.8 Å². The van der Waals surface area contributed by atoms with E-state index in [-0.39, 0.29) is 49.1 Å². The molecule has 0 spiro atoms. The Morgan fingerprint density at radius 3 is 2.33 bits per heavy atom. The van der Waals surface area contributed by atoms with E-state index in [9.17, 15) is 18.4 Å². The van der Waals surface area contributed by atoms with E-state index in [2.05, 4.69) is 4.72 Å². The number of methoxy groups -OCH3 is 1. The smallest absolute Gasteiger partial charge is 0.275 e. The molecule has 0 saturated carbocycles. The lowest BCUT2D eigenvalue weighted by atomic mass is 9.82. The maximum Gasteiger partial charge on any atom is 0.275 e. The Labute approximate surface area is 243 Å². The average Bonchev–Trinajstić information content (AvgIpc) is 2.91. The number of fused-ring (bicyclic) bond motifs is 1. The van der Waals surface area contributed by atoms with E-state index in [0.717, 1.165) is 16.3 Å². The number of quaternary nitrogens is 1. The average molecular weight is 615 g/mol. The standard InChI is InChI=1S/C27H30Cl3N3O5S/c1-26(2,22-10-6-8-19-7-4-5-9-21(19)22)18-31-39(36,37)20-11-12-24(38-3)23(17-20)33(35)15-13-32(14-16-33)25(34)27(28,29)30/h4-12,17,31H,13-16,18H2,1-3H3. The van der Waals surface area contributed by atoms with Gasteiger partial charge in [0.25, 0.3) is 9.70 Å². The zero-order valence-electron chi connectivity index (χ0n) is 21.8. The van der Waals surface area contributed by atoms with Crippen LogP contribution in [0.5, 0.6) is 5.75 Å². The van der Waals surface area contributed by atoms with E-state index in [1.165, 1.54) is 30.2 Å². The number of sulfonamides is 1. The normalized spacial score (nSPS) is 16.3. The van der Waals surface area contributed by atoms with Crippen LogP contribution in [0, 0.1) is 5.21 Å². The number of halogens is 3. The van der Waals surface area contributed by atoms with Crippen LogP contribution in [0.15, 0.2) is 65.6 Å². The molecule has 1 fully saturated rings. The number of hydrogen-bond donors (Lipinski definition) is 1. The molecule has 0 radical (unpaired) electrons. The van der Waals surface area contributed by atoms with E-state index >= 15 is 0 Å². The highest BCUT2D eigenvalue weighted by atomic mass is 35.6. The van der Waals surface area contributed by atoms with Gasteiger partial charge in [-0.15, -0.1) is 0 Å². The Balaban J connectivity index is 1.57. The van der Waals surface area contributed by atoms with Crippen LogP contribution >= 0.6 is 34.8 Å². The number of carbonyl (C=O) groups is 1. The lowest BCUT2D eigenvalue weighted by Gasteiger charge is -2.48. The van der Waals surface area contributed by atoms with Gasteiger partial charge in [-0.2, -0.15) is 0 Å². The fraction of sp³-hybridized carbons (Fsp3) is 0.370. The highest BCUT2D eigenvalue weighted by Gasteiger charge is 2.40. The Bertz CT molecular complexity index is 1480. The van der Waals surface area contributed by atoms with Gasteiger partial charge in [0.1, 0.15) is 13.1 Å². The molecule has 39 heavy (non-hydrogen) atoms. The van der Waals surface area contributed by atoms with Gasteiger partial charge in [0.05, 0.1) is 25.1 Å².